The van der Waals surface area contributed by atoms with E-state index in [0.717, 1.165) is 33.4 Å². The first-order chi connectivity index (χ1) is 11.8. The van der Waals surface area contributed by atoms with Gasteiger partial charge in [-0.1, -0.05) is 60.7 Å². The Morgan fingerprint density at radius 1 is 0.875 bits per heavy atom. The summed E-state index contributed by atoms with van der Waals surface area (Å²) in [6.45, 7) is 2.06. The maximum absolute atomic E-state index is 4.83. The van der Waals surface area contributed by atoms with Crippen molar-refractivity contribution in [1.82, 2.24) is 9.97 Å². The number of hydrogen-bond donors (Lipinski definition) is 0. The summed E-state index contributed by atoms with van der Waals surface area (Å²) in [6, 6.07) is 20.8. The van der Waals surface area contributed by atoms with Crippen molar-refractivity contribution in [2.75, 3.05) is 0 Å². The van der Waals surface area contributed by atoms with Gasteiger partial charge >= 0.3 is 0 Å². The number of benzene rings is 2. The van der Waals surface area contributed by atoms with Crippen LogP contribution in [-0.2, 0) is 6.42 Å². The van der Waals surface area contributed by atoms with Crippen LogP contribution < -0.4 is 0 Å². The van der Waals surface area contributed by atoms with Gasteiger partial charge in [-0.05, 0) is 12.5 Å². The van der Waals surface area contributed by atoms with E-state index in [1.807, 2.05) is 24.3 Å². The molecule has 2 nitrogen and oxygen atoms in total. The first-order valence-corrected chi connectivity index (χ1v) is 9.51. The summed E-state index contributed by atoms with van der Waals surface area (Å²) < 4.78 is 0. The fourth-order valence-electron chi connectivity index (χ4n) is 2.61. The molecule has 2 heterocycles. The van der Waals surface area contributed by atoms with Crippen molar-refractivity contribution < 1.29 is 0 Å². The van der Waals surface area contributed by atoms with Crippen molar-refractivity contribution in [2.45, 2.75) is 13.3 Å². The first kappa shape index (κ1) is 15.2. The quantitative estimate of drug-likeness (QED) is 0.463. The van der Waals surface area contributed by atoms with E-state index in [-0.39, 0.29) is 0 Å². The molecular formula is C20H16N2S2. The first-order valence-electron chi connectivity index (χ1n) is 7.81. The average molecular weight is 348 g/mol. The lowest BCUT2D eigenvalue weighted by Gasteiger charge is -1.96. The molecule has 0 radical (unpaired) electrons. The predicted molar refractivity (Wildman–Crippen MR) is 103 cm³/mol. The summed E-state index contributed by atoms with van der Waals surface area (Å²) in [6.07, 6.45) is 0.884. The molecule has 0 saturated carbocycles. The van der Waals surface area contributed by atoms with Gasteiger partial charge in [0.05, 0.1) is 21.3 Å². The Hall–Kier alpha value is -2.30. The molecule has 2 aromatic heterocycles. The summed E-state index contributed by atoms with van der Waals surface area (Å²) in [5.41, 5.74) is 4.56. The van der Waals surface area contributed by atoms with Crippen LogP contribution >= 0.6 is 22.7 Å². The number of hydrogen-bond acceptors (Lipinski definition) is 4. The van der Waals surface area contributed by atoms with Crippen molar-refractivity contribution in [3.8, 4) is 21.1 Å². The minimum absolute atomic E-state index is 0.884. The molecule has 0 aliphatic heterocycles. The van der Waals surface area contributed by atoms with Crippen LogP contribution in [0.5, 0.6) is 0 Å². The van der Waals surface area contributed by atoms with Crippen molar-refractivity contribution >= 4 is 22.7 Å². The van der Waals surface area contributed by atoms with Gasteiger partial charge in [0.2, 0.25) is 0 Å². The molecule has 0 spiro atoms. The zero-order chi connectivity index (χ0) is 16.4. The molecule has 4 rings (SSSR count). The summed E-state index contributed by atoms with van der Waals surface area (Å²) in [4.78, 5) is 10.7. The van der Waals surface area contributed by atoms with E-state index in [2.05, 4.69) is 48.7 Å². The van der Waals surface area contributed by atoms with Crippen LogP contribution in [0.2, 0.25) is 0 Å². The molecule has 0 N–H and O–H groups in total. The Balaban J connectivity index is 1.62. The second kappa shape index (κ2) is 6.67. The van der Waals surface area contributed by atoms with Gasteiger partial charge in [-0.3, -0.25) is 0 Å². The molecule has 0 amide bonds. The van der Waals surface area contributed by atoms with E-state index in [9.17, 15) is 0 Å². The normalized spacial score (nSPS) is 10.9. The Bertz CT molecular complexity index is 940. The number of thiazole rings is 2. The fourth-order valence-corrected chi connectivity index (χ4v) is 4.53. The van der Waals surface area contributed by atoms with E-state index in [4.69, 9.17) is 9.97 Å². The SMILES string of the molecule is Cc1nc(-c2ccccc2)sc1-c1csc(Cc2ccccc2)n1. The van der Waals surface area contributed by atoms with E-state index < -0.39 is 0 Å². The van der Waals surface area contributed by atoms with Gasteiger partial charge in [-0.2, -0.15) is 0 Å². The number of nitrogens with zero attached hydrogens (tertiary/aromatic N) is 2. The highest BCUT2D eigenvalue weighted by molar-refractivity contribution is 7.19. The van der Waals surface area contributed by atoms with Crippen molar-refractivity contribution in [1.29, 1.82) is 0 Å². The monoisotopic (exact) mass is 348 g/mol. The molecule has 0 fully saturated rings. The van der Waals surface area contributed by atoms with Crippen molar-refractivity contribution in [3.63, 3.8) is 0 Å². The topological polar surface area (TPSA) is 25.8 Å². The zero-order valence-electron chi connectivity index (χ0n) is 13.3. The minimum Gasteiger partial charge on any atom is -0.241 e. The predicted octanol–water partition coefficient (Wildman–Crippen LogP) is 5.83. The van der Waals surface area contributed by atoms with Crippen molar-refractivity contribution in [3.05, 3.63) is 82.3 Å². The van der Waals surface area contributed by atoms with Gasteiger partial charge in [-0.25, -0.2) is 9.97 Å². The average Bonchev–Trinajstić information content (AvgIpc) is 3.23. The Kier molecular flexibility index (Phi) is 4.24. The summed E-state index contributed by atoms with van der Waals surface area (Å²) >= 11 is 3.44. The molecular weight excluding hydrogens is 332 g/mol. The lowest BCUT2D eigenvalue weighted by atomic mass is 10.2. The van der Waals surface area contributed by atoms with Gasteiger partial charge in [0.25, 0.3) is 0 Å². The number of aryl methyl sites for hydroxylation is 1. The van der Waals surface area contributed by atoms with Gasteiger partial charge in [0.15, 0.2) is 0 Å². The van der Waals surface area contributed by atoms with Gasteiger partial charge in [0.1, 0.15) is 5.01 Å². The third-order valence-corrected chi connectivity index (χ3v) is 5.88. The van der Waals surface area contributed by atoms with Crippen LogP contribution in [-0.4, -0.2) is 9.97 Å². The van der Waals surface area contributed by atoms with Crippen LogP contribution in [0.4, 0.5) is 0 Å². The highest BCUT2D eigenvalue weighted by Gasteiger charge is 2.14. The van der Waals surface area contributed by atoms with Crippen LogP contribution in [0.15, 0.2) is 66.0 Å². The molecule has 0 atom stereocenters. The van der Waals surface area contributed by atoms with Crippen LogP contribution in [0.1, 0.15) is 16.3 Å². The number of aromatic nitrogens is 2. The van der Waals surface area contributed by atoms with Gasteiger partial charge in [0, 0.05) is 17.4 Å². The lowest BCUT2D eigenvalue weighted by Crippen LogP contribution is -1.86. The molecule has 0 saturated heterocycles. The Labute approximate surface area is 149 Å². The largest absolute Gasteiger partial charge is 0.241 e. The van der Waals surface area contributed by atoms with E-state index in [0.29, 0.717) is 0 Å². The molecule has 0 unspecified atom stereocenters. The molecule has 4 heteroatoms. The summed E-state index contributed by atoms with van der Waals surface area (Å²) in [5, 5.41) is 4.35. The Morgan fingerprint density at radius 2 is 1.58 bits per heavy atom. The van der Waals surface area contributed by atoms with Gasteiger partial charge in [-0.15, -0.1) is 22.7 Å². The third kappa shape index (κ3) is 3.16. The fraction of sp³-hybridized carbons (Fsp3) is 0.100. The van der Waals surface area contributed by atoms with E-state index in [1.54, 1.807) is 22.7 Å². The molecule has 4 aromatic rings. The Morgan fingerprint density at radius 3 is 2.33 bits per heavy atom. The molecule has 118 valence electrons. The summed E-state index contributed by atoms with van der Waals surface area (Å²) in [7, 11) is 0. The lowest BCUT2D eigenvalue weighted by molar-refractivity contribution is 1.14. The second-order valence-corrected chi connectivity index (χ2v) is 7.53. The maximum atomic E-state index is 4.83. The summed E-state index contributed by atoms with van der Waals surface area (Å²) in [5.74, 6) is 0. The zero-order valence-corrected chi connectivity index (χ0v) is 14.9. The van der Waals surface area contributed by atoms with E-state index >= 15 is 0 Å². The molecule has 0 aliphatic carbocycles. The third-order valence-electron chi connectivity index (χ3n) is 3.80. The smallest absolute Gasteiger partial charge is 0.124 e. The van der Waals surface area contributed by atoms with Crippen LogP contribution in [0, 0.1) is 6.92 Å². The van der Waals surface area contributed by atoms with E-state index in [1.165, 1.54) is 10.4 Å². The molecule has 0 aliphatic rings. The molecule has 24 heavy (non-hydrogen) atoms. The second-order valence-electron chi connectivity index (χ2n) is 5.59. The minimum atomic E-state index is 0.884. The van der Waals surface area contributed by atoms with Gasteiger partial charge < -0.3 is 0 Å². The van der Waals surface area contributed by atoms with Crippen molar-refractivity contribution in [2.24, 2.45) is 0 Å². The number of rotatable bonds is 4. The van der Waals surface area contributed by atoms with Crippen LogP contribution in [0.25, 0.3) is 21.1 Å². The standard InChI is InChI=1S/C20H16N2S2/c1-14-19(24-20(21-14)16-10-6-3-7-11-16)17-13-23-18(22-17)12-15-8-4-2-5-9-15/h2-11,13H,12H2,1H3. The highest BCUT2D eigenvalue weighted by Crippen LogP contribution is 2.35. The van der Waals surface area contributed by atoms with Crippen LogP contribution in [0.3, 0.4) is 0 Å². The molecule has 2 aromatic carbocycles. The molecule has 0 bridgehead atoms. The highest BCUT2D eigenvalue weighted by atomic mass is 32.1. The maximum Gasteiger partial charge on any atom is 0.124 e.